The van der Waals surface area contributed by atoms with Gasteiger partial charge in [0.25, 0.3) is 0 Å². The normalized spacial score (nSPS) is 28.0. The first-order valence-electron chi connectivity index (χ1n) is 8.18. The third-order valence-electron chi connectivity index (χ3n) is 5.40. The molecule has 2 aliphatic rings. The van der Waals surface area contributed by atoms with Gasteiger partial charge in [-0.15, -0.1) is 11.3 Å². The highest BCUT2D eigenvalue weighted by Gasteiger charge is 2.56. The van der Waals surface area contributed by atoms with Crippen LogP contribution < -0.4 is 5.73 Å². The zero-order valence-electron chi connectivity index (χ0n) is 13.2. The predicted octanol–water partition coefficient (Wildman–Crippen LogP) is 3.29. The molecule has 1 heterocycles. The molecule has 0 bridgehead atoms. The first kappa shape index (κ1) is 15.3. The van der Waals surface area contributed by atoms with Gasteiger partial charge < -0.3 is 10.5 Å². The summed E-state index contributed by atoms with van der Waals surface area (Å²) < 4.78 is 6.05. The van der Waals surface area contributed by atoms with E-state index in [0.717, 1.165) is 13.2 Å². The van der Waals surface area contributed by atoms with Gasteiger partial charge in [0.1, 0.15) is 0 Å². The summed E-state index contributed by atoms with van der Waals surface area (Å²) in [6.07, 6.45) is 10.4. The van der Waals surface area contributed by atoms with Gasteiger partial charge in [-0.05, 0) is 33.2 Å². The third kappa shape index (κ3) is 2.83. The van der Waals surface area contributed by atoms with E-state index in [1.807, 2.05) is 6.20 Å². The molecule has 0 amide bonds. The highest BCUT2D eigenvalue weighted by Crippen LogP contribution is 2.55. The largest absolute Gasteiger partial charge is 0.378 e. The molecule has 2 N–H and O–H groups in total. The zero-order chi connectivity index (χ0) is 14.9. The summed E-state index contributed by atoms with van der Waals surface area (Å²) in [7, 11) is 2.25. The van der Waals surface area contributed by atoms with E-state index >= 15 is 0 Å². The molecule has 1 spiro atoms. The van der Waals surface area contributed by atoms with Crippen molar-refractivity contribution >= 4 is 16.5 Å². The lowest BCUT2D eigenvalue weighted by molar-refractivity contribution is -0.179. The van der Waals surface area contributed by atoms with Gasteiger partial charge in [-0.3, -0.25) is 4.90 Å². The third-order valence-corrected chi connectivity index (χ3v) is 6.21. The molecule has 2 saturated carbocycles. The standard InChI is InChI=1S/C16H27N3OS/c1-3-20-14-9-13(16(14)7-5-4-6-8-16)19(2)11-12-10-18-15(17)21-12/h10,13-14H,3-9,11H2,1-2H3,(H2,17,18). The number of hydrogen-bond donors (Lipinski definition) is 1. The minimum Gasteiger partial charge on any atom is -0.378 e. The molecular weight excluding hydrogens is 282 g/mol. The molecule has 4 nitrogen and oxygen atoms in total. The van der Waals surface area contributed by atoms with Gasteiger partial charge in [-0.1, -0.05) is 19.3 Å². The number of rotatable bonds is 5. The SMILES string of the molecule is CCOC1CC(N(C)Cc2cnc(N)s2)C12CCCCC2. The summed E-state index contributed by atoms with van der Waals surface area (Å²) in [5.74, 6) is 0. The number of nitrogen functional groups attached to an aromatic ring is 1. The van der Waals surface area contributed by atoms with Gasteiger partial charge in [0.2, 0.25) is 0 Å². The molecular formula is C16H27N3OS. The molecule has 2 unspecified atom stereocenters. The number of thiazole rings is 1. The fourth-order valence-corrected chi connectivity index (χ4v) is 5.14. The lowest BCUT2D eigenvalue weighted by Gasteiger charge is -2.60. The summed E-state index contributed by atoms with van der Waals surface area (Å²) in [5.41, 5.74) is 6.15. The Morgan fingerprint density at radius 2 is 2.19 bits per heavy atom. The van der Waals surface area contributed by atoms with Crippen LogP contribution in [-0.2, 0) is 11.3 Å². The number of anilines is 1. The first-order chi connectivity index (χ1) is 10.2. The smallest absolute Gasteiger partial charge is 0.180 e. The fraction of sp³-hybridized carbons (Fsp3) is 0.812. The molecule has 1 aromatic rings. The van der Waals surface area contributed by atoms with E-state index in [2.05, 4.69) is 23.9 Å². The Balaban J connectivity index is 1.68. The van der Waals surface area contributed by atoms with Crippen LogP contribution >= 0.6 is 11.3 Å². The molecule has 5 heteroatoms. The number of ether oxygens (including phenoxy) is 1. The Morgan fingerprint density at radius 3 is 2.81 bits per heavy atom. The molecule has 2 aliphatic carbocycles. The van der Waals surface area contributed by atoms with Crippen LogP contribution in [0.3, 0.4) is 0 Å². The second-order valence-electron chi connectivity index (χ2n) is 6.57. The molecule has 2 atom stereocenters. The van der Waals surface area contributed by atoms with Gasteiger partial charge in [0.05, 0.1) is 6.10 Å². The van der Waals surface area contributed by atoms with Crippen LogP contribution in [-0.4, -0.2) is 35.7 Å². The van der Waals surface area contributed by atoms with Crippen LogP contribution in [0.15, 0.2) is 6.20 Å². The maximum Gasteiger partial charge on any atom is 0.180 e. The summed E-state index contributed by atoms with van der Waals surface area (Å²) in [6.45, 7) is 3.92. The van der Waals surface area contributed by atoms with Crippen molar-refractivity contribution in [2.45, 2.75) is 64.1 Å². The van der Waals surface area contributed by atoms with Crippen molar-refractivity contribution in [3.05, 3.63) is 11.1 Å². The van der Waals surface area contributed by atoms with Crippen molar-refractivity contribution in [3.63, 3.8) is 0 Å². The summed E-state index contributed by atoms with van der Waals surface area (Å²) in [5, 5.41) is 0.673. The summed E-state index contributed by atoms with van der Waals surface area (Å²) in [6, 6.07) is 0.651. The lowest BCUT2D eigenvalue weighted by Crippen LogP contribution is -2.64. The predicted molar refractivity (Wildman–Crippen MR) is 87.3 cm³/mol. The quantitative estimate of drug-likeness (QED) is 0.907. The Kier molecular flexibility index (Phi) is 4.52. The number of nitrogens with zero attached hydrogens (tertiary/aromatic N) is 2. The molecule has 1 aromatic heterocycles. The molecule has 3 rings (SSSR count). The van der Waals surface area contributed by atoms with Crippen molar-refractivity contribution in [2.75, 3.05) is 19.4 Å². The first-order valence-corrected chi connectivity index (χ1v) is 8.99. The lowest BCUT2D eigenvalue weighted by atomic mass is 9.54. The molecule has 0 saturated heterocycles. The Bertz CT molecular complexity index is 470. The van der Waals surface area contributed by atoms with Crippen molar-refractivity contribution in [3.8, 4) is 0 Å². The van der Waals surface area contributed by atoms with Crippen molar-refractivity contribution < 1.29 is 4.74 Å². The molecule has 0 radical (unpaired) electrons. The monoisotopic (exact) mass is 309 g/mol. The Morgan fingerprint density at radius 1 is 1.43 bits per heavy atom. The Hall–Kier alpha value is -0.650. The zero-order valence-corrected chi connectivity index (χ0v) is 14.0. The van der Waals surface area contributed by atoms with Gasteiger partial charge in [-0.2, -0.15) is 0 Å². The topological polar surface area (TPSA) is 51.4 Å². The van der Waals surface area contributed by atoms with Crippen LogP contribution in [0.25, 0.3) is 0 Å². The van der Waals surface area contributed by atoms with Gasteiger partial charge in [0, 0.05) is 35.7 Å². The highest BCUT2D eigenvalue weighted by atomic mass is 32.1. The van der Waals surface area contributed by atoms with Crippen molar-refractivity contribution in [1.82, 2.24) is 9.88 Å². The van der Waals surface area contributed by atoms with Crippen molar-refractivity contribution in [2.24, 2.45) is 5.41 Å². The molecule has 21 heavy (non-hydrogen) atoms. The fourth-order valence-electron chi connectivity index (χ4n) is 4.40. The van der Waals surface area contributed by atoms with Crippen LogP contribution in [0.5, 0.6) is 0 Å². The molecule has 118 valence electrons. The van der Waals surface area contributed by atoms with Gasteiger partial charge in [0.15, 0.2) is 5.13 Å². The maximum absolute atomic E-state index is 6.05. The van der Waals surface area contributed by atoms with E-state index in [4.69, 9.17) is 10.5 Å². The van der Waals surface area contributed by atoms with Crippen LogP contribution in [0.1, 0.15) is 50.3 Å². The second-order valence-corrected chi connectivity index (χ2v) is 7.72. The summed E-state index contributed by atoms with van der Waals surface area (Å²) >= 11 is 1.61. The van der Waals surface area contributed by atoms with E-state index in [1.165, 1.54) is 43.4 Å². The van der Waals surface area contributed by atoms with Crippen LogP contribution in [0, 0.1) is 5.41 Å². The van der Waals surface area contributed by atoms with Crippen molar-refractivity contribution in [1.29, 1.82) is 0 Å². The number of hydrogen-bond acceptors (Lipinski definition) is 5. The van der Waals surface area contributed by atoms with Gasteiger partial charge in [-0.25, -0.2) is 4.98 Å². The summed E-state index contributed by atoms with van der Waals surface area (Å²) in [4.78, 5) is 7.94. The van der Waals surface area contributed by atoms with E-state index in [0.29, 0.717) is 22.7 Å². The minimum atomic E-state index is 0.402. The van der Waals surface area contributed by atoms with Gasteiger partial charge >= 0.3 is 0 Å². The molecule has 2 fully saturated rings. The Labute approximate surface area is 131 Å². The number of nitrogens with two attached hydrogens (primary N) is 1. The maximum atomic E-state index is 6.05. The number of aromatic nitrogens is 1. The average molecular weight is 309 g/mol. The van der Waals surface area contributed by atoms with E-state index in [1.54, 1.807) is 11.3 Å². The average Bonchev–Trinajstić information content (AvgIpc) is 2.89. The van der Waals surface area contributed by atoms with E-state index in [-0.39, 0.29) is 0 Å². The second kappa shape index (κ2) is 6.23. The minimum absolute atomic E-state index is 0.402. The van der Waals surface area contributed by atoms with E-state index in [9.17, 15) is 0 Å². The van der Waals surface area contributed by atoms with E-state index < -0.39 is 0 Å². The molecule has 0 aliphatic heterocycles. The van der Waals surface area contributed by atoms with Crippen LogP contribution in [0.2, 0.25) is 0 Å². The highest BCUT2D eigenvalue weighted by molar-refractivity contribution is 7.15. The molecule has 0 aromatic carbocycles. The van der Waals surface area contributed by atoms with Crippen LogP contribution in [0.4, 0.5) is 5.13 Å².